The summed E-state index contributed by atoms with van der Waals surface area (Å²) < 4.78 is 5.01. The summed E-state index contributed by atoms with van der Waals surface area (Å²) in [7, 11) is 0. The normalized spacial score (nSPS) is 10.2. The number of thioether (sulfide) groups is 1. The van der Waals surface area contributed by atoms with Crippen LogP contribution in [-0.2, 0) is 19.1 Å². The van der Waals surface area contributed by atoms with Gasteiger partial charge < -0.3 is 15.4 Å². The Labute approximate surface area is 162 Å². The third-order valence-electron chi connectivity index (χ3n) is 3.53. The number of benzene rings is 2. The molecule has 7 heteroatoms. The Morgan fingerprint density at radius 2 is 1.59 bits per heavy atom. The van der Waals surface area contributed by atoms with Gasteiger partial charge >= 0.3 is 5.97 Å². The number of amides is 2. The minimum Gasteiger partial charge on any atom is -0.455 e. The Hall–Kier alpha value is -2.80. The van der Waals surface area contributed by atoms with E-state index in [4.69, 9.17) is 4.74 Å². The molecule has 6 nitrogen and oxygen atoms in total. The van der Waals surface area contributed by atoms with Crippen molar-refractivity contribution >= 4 is 40.9 Å². The Morgan fingerprint density at radius 1 is 0.963 bits per heavy atom. The highest BCUT2D eigenvalue weighted by atomic mass is 32.2. The van der Waals surface area contributed by atoms with Crippen LogP contribution in [0.1, 0.15) is 18.1 Å². The number of carbonyl (C=O) groups excluding carboxylic acids is 3. The van der Waals surface area contributed by atoms with E-state index in [1.807, 2.05) is 26.0 Å². The van der Waals surface area contributed by atoms with Crippen LogP contribution >= 0.6 is 11.8 Å². The van der Waals surface area contributed by atoms with Crippen molar-refractivity contribution in [1.82, 2.24) is 0 Å². The topological polar surface area (TPSA) is 84.5 Å². The number of hydrogen-bond donors (Lipinski definition) is 2. The summed E-state index contributed by atoms with van der Waals surface area (Å²) in [6.45, 7) is 5.08. The van der Waals surface area contributed by atoms with E-state index in [0.29, 0.717) is 11.4 Å². The van der Waals surface area contributed by atoms with Gasteiger partial charge in [-0.3, -0.25) is 14.4 Å². The van der Waals surface area contributed by atoms with E-state index in [2.05, 4.69) is 16.7 Å². The van der Waals surface area contributed by atoms with Crippen molar-refractivity contribution in [3.8, 4) is 0 Å². The maximum absolute atomic E-state index is 11.9. The number of ether oxygens (including phenoxy) is 1. The minimum atomic E-state index is -0.448. The van der Waals surface area contributed by atoms with E-state index in [9.17, 15) is 14.4 Å². The summed E-state index contributed by atoms with van der Waals surface area (Å²) in [5.41, 5.74) is 3.46. The molecule has 0 radical (unpaired) electrons. The predicted octanol–water partition coefficient (Wildman–Crippen LogP) is 3.54. The van der Waals surface area contributed by atoms with Gasteiger partial charge in [0.05, 0.1) is 5.75 Å². The zero-order chi connectivity index (χ0) is 19.8. The van der Waals surface area contributed by atoms with Crippen LogP contribution in [0.5, 0.6) is 0 Å². The second-order valence-electron chi connectivity index (χ2n) is 6.03. The van der Waals surface area contributed by atoms with E-state index < -0.39 is 11.9 Å². The molecule has 27 heavy (non-hydrogen) atoms. The minimum absolute atomic E-state index is 0.141. The highest BCUT2D eigenvalue weighted by Crippen LogP contribution is 2.23. The van der Waals surface area contributed by atoms with Crippen LogP contribution in [0.15, 0.2) is 47.4 Å². The molecule has 2 aromatic carbocycles. The van der Waals surface area contributed by atoms with Crippen molar-refractivity contribution in [2.45, 2.75) is 25.7 Å². The Bertz CT molecular complexity index is 834. The van der Waals surface area contributed by atoms with E-state index >= 15 is 0 Å². The van der Waals surface area contributed by atoms with Crippen molar-refractivity contribution in [2.24, 2.45) is 0 Å². The first-order chi connectivity index (χ1) is 12.8. The van der Waals surface area contributed by atoms with Gasteiger partial charge in [-0.2, -0.15) is 0 Å². The fourth-order valence-corrected chi connectivity index (χ4v) is 3.13. The lowest BCUT2D eigenvalue weighted by molar-refractivity contribution is -0.144. The lowest BCUT2D eigenvalue weighted by atomic mass is 10.2. The van der Waals surface area contributed by atoms with E-state index in [1.54, 1.807) is 24.3 Å². The first kappa shape index (κ1) is 20.5. The zero-order valence-corrected chi connectivity index (χ0v) is 16.3. The number of anilines is 2. The SMILES string of the molecule is CC(=O)Nc1ccc(NC(=O)COC(=O)CSc2ccc(C)cc2C)cc1. The molecular formula is C20H22N2O4S. The molecular weight excluding hydrogens is 364 g/mol. The van der Waals surface area contributed by atoms with Gasteiger partial charge in [0.2, 0.25) is 5.91 Å². The maximum Gasteiger partial charge on any atom is 0.316 e. The second-order valence-corrected chi connectivity index (χ2v) is 7.04. The predicted molar refractivity (Wildman–Crippen MR) is 107 cm³/mol. The monoisotopic (exact) mass is 386 g/mol. The smallest absolute Gasteiger partial charge is 0.316 e. The Balaban J connectivity index is 1.74. The standard InChI is InChI=1S/C20H22N2O4S/c1-13-4-9-18(14(2)10-13)27-12-20(25)26-11-19(24)22-17-7-5-16(6-8-17)21-15(3)23/h4-10H,11-12H2,1-3H3,(H,21,23)(H,22,24). The van der Waals surface area contributed by atoms with Crippen molar-refractivity contribution in [2.75, 3.05) is 23.0 Å². The number of hydrogen-bond acceptors (Lipinski definition) is 5. The summed E-state index contributed by atoms with van der Waals surface area (Å²) in [6.07, 6.45) is 0. The zero-order valence-electron chi connectivity index (χ0n) is 15.5. The molecule has 0 atom stereocenters. The fourth-order valence-electron chi connectivity index (χ4n) is 2.32. The van der Waals surface area contributed by atoms with Crippen molar-refractivity contribution in [3.05, 3.63) is 53.6 Å². The molecule has 0 heterocycles. The molecule has 0 aromatic heterocycles. The first-order valence-corrected chi connectivity index (χ1v) is 9.35. The third-order valence-corrected chi connectivity index (χ3v) is 4.68. The van der Waals surface area contributed by atoms with Crippen LogP contribution in [0.25, 0.3) is 0 Å². The van der Waals surface area contributed by atoms with Crippen LogP contribution < -0.4 is 10.6 Å². The number of carbonyl (C=O) groups is 3. The first-order valence-electron chi connectivity index (χ1n) is 8.36. The molecule has 2 rings (SSSR count). The molecule has 0 saturated heterocycles. The van der Waals surface area contributed by atoms with Crippen LogP contribution in [-0.4, -0.2) is 30.1 Å². The Morgan fingerprint density at radius 3 is 2.19 bits per heavy atom. The summed E-state index contributed by atoms with van der Waals surface area (Å²) in [5.74, 6) is -0.900. The molecule has 0 aliphatic rings. The molecule has 2 aromatic rings. The van der Waals surface area contributed by atoms with Gasteiger partial charge in [0.15, 0.2) is 6.61 Å². The lowest BCUT2D eigenvalue weighted by Crippen LogP contribution is -2.21. The maximum atomic E-state index is 11.9. The fraction of sp³-hybridized carbons (Fsp3) is 0.250. The van der Waals surface area contributed by atoms with Crippen molar-refractivity contribution in [1.29, 1.82) is 0 Å². The van der Waals surface area contributed by atoms with Crippen LogP contribution in [0.4, 0.5) is 11.4 Å². The van der Waals surface area contributed by atoms with E-state index in [0.717, 1.165) is 10.5 Å². The average Bonchev–Trinajstić information content (AvgIpc) is 2.60. The van der Waals surface area contributed by atoms with Gasteiger partial charge in [0.25, 0.3) is 5.91 Å². The van der Waals surface area contributed by atoms with Crippen molar-refractivity contribution < 1.29 is 19.1 Å². The van der Waals surface area contributed by atoms with Gasteiger partial charge in [0.1, 0.15) is 0 Å². The molecule has 0 aliphatic heterocycles. The highest BCUT2D eigenvalue weighted by Gasteiger charge is 2.10. The van der Waals surface area contributed by atoms with Crippen molar-refractivity contribution in [3.63, 3.8) is 0 Å². The molecule has 0 saturated carbocycles. The van der Waals surface area contributed by atoms with Gasteiger partial charge in [-0.1, -0.05) is 17.7 Å². The molecule has 0 aliphatic carbocycles. The Kier molecular flexibility index (Phi) is 7.43. The quantitative estimate of drug-likeness (QED) is 0.562. The summed E-state index contributed by atoms with van der Waals surface area (Å²) in [6, 6.07) is 12.7. The molecule has 0 spiro atoms. The molecule has 0 bridgehead atoms. The largest absolute Gasteiger partial charge is 0.455 e. The highest BCUT2D eigenvalue weighted by molar-refractivity contribution is 8.00. The summed E-state index contributed by atoms with van der Waals surface area (Å²) in [4.78, 5) is 35.7. The van der Waals surface area contributed by atoms with Gasteiger partial charge in [0, 0.05) is 23.2 Å². The second kappa shape index (κ2) is 9.78. The number of esters is 1. The number of aryl methyl sites for hydroxylation is 2. The van der Waals surface area contributed by atoms with Crippen LogP contribution in [0, 0.1) is 13.8 Å². The average molecular weight is 386 g/mol. The van der Waals surface area contributed by atoms with Gasteiger partial charge in [-0.25, -0.2) is 0 Å². The molecule has 2 N–H and O–H groups in total. The van der Waals surface area contributed by atoms with E-state index in [1.165, 1.54) is 24.2 Å². The third kappa shape index (κ3) is 7.15. The molecule has 0 unspecified atom stereocenters. The molecule has 142 valence electrons. The van der Waals surface area contributed by atoms with Crippen LogP contribution in [0.3, 0.4) is 0 Å². The summed E-state index contributed by atoms with van der Waals surface area (Å²) in [5, 5.41) is 5.27. The van der Waals surface area contributed by atoms with E-state index in [-0.39, 0.29) is 18.3 Å². The molecule has 2 amide bonds. The number of nitrogens with one attached hydrogen (secondary N) is 2. The number of rotatable bonds is 7. The molecule has 0 fully saturated rings. The summed E-state index contributed by atoms with van der Waals surface area (Å²) >= 11 is 1.39. The van der Waals surface area contributed by atoms with Gasteiger partial charge in [-0.05, 0) is 49.7 Å². The van der Waals surface area contributed by atoms with Gasteiger partial charge in [-0.15, -0.1) is 11.8 Å². The van der Waals surface area contributed by atoms with Crippen LogP contribution in [0.2, 0.25) is 0 Å². The lowest BCUT2D eigenvalue weighted by Gasteiger charge is -2.09.